The quantitative estimate of drug-likeness (QED) is 0.187. The first kappa shape index (κ1) is 25.1. The van der Waals surface area contributed by atoms with Gasteiger partial charge in [0.2, 0.25) is 0 Å². The van der Waals surface area contributed by atoms with Crippen LogP contribution in [0.5, 0.6) is 0 Å². The van der Waals surface area contributed by atoms with Crippen LogP contribution in [0.15, 0.2) is 45.3 Å². The van der Waals surface area contributed by atoms with Crippen LogP contribution < -0.4 is 5.32 Å². The number of aliphatic hydroxyl groups excluding tert-OH is 3. The lowest BCUT2D eigenvalue weighted by Crippen LogP contribution is -2.57. The van der Waals surface area contributed by atoms with E-state index < -0.39 is 49.1 Å². The van der Waals surface area contributed by atoms with E-state index in [1.54, 1.807) is 4.57 Å². The van der Waals surface area contributed by atoms with Gasteiger partial charge in [0.25, 0.3) is 11.8 Å². The Morgan fingerprint density at radius 2 is 1.64 bits per heavy atom. The number of fused-ring (bicyclic) bond motifs is 10. The third-order valence-electron chi connectivity index (χ3n) is 7.76. The molecule has 39 heavy (non-hydrogen) atoms. The molecule has 200 valence electrons. The molecule has 7 rings (SSSR count). The van der Waals surface area contributed by atoms with Crippen LogP contribution in [0.25, 0.3) is 43.6 Å². The summed E-state index contributed by atoms with van der Waals surface area (Å²) in [6.45, 7) is -0.455. The fourth-order valence-corrected chi connectivity index (χ4v) is 6.88. The van der Waals surface area contributed by atoms with Gasteiger partial charge in [-0.2, -0.15) is 0 Å². The summed E-state index contributed by atoms with van der Waals surface area (Å²) in [6, 6.07) is 11.1. The minimum atomic E-state index is -1.45. The van der Waals surface area contributed by atoms with Gasteiger partial charge in [0, 0.05) is 43.1 Å². The Morgan fingerprint density at radius 1 is 0.974 bits per heavy atom. The van der Waals surface area contributed by atoms with Crippen LogP contribution in [-0.4, -0.2) is 74.8 Å². The van der Waals surface area contributed by atoms with Gasteiger partial charge in [-0.1, -0.05) is 31.9 Å². The average molecular weight is 659 g/mol. The molecule has 5 atom stereocenters. The van der Waals surface area contributed by atoms with Gasteiger partial charge in [0.1, 0.15) is 24.4 Å². The zero-order valence-corrected chi connectivity index (χ0v) is 23.4. The fraction of sp³-hybridized carbons (Fsp3) is 0.259. The first-order valence-electron chi connectivity index (χ1n) is 12.2. The van der Waals surface area contributed by atoms with Crippen molar-refractivity contribution >= 4 is 87.3 Å². The Hall–Kier alpha value is -2.84. The predicted molar refractivity (Wildman–Crippen MR) is 150 cm³/mol. The Balaban J connectivity index is 1.69. The van der Waals surface area contributed by atoms with E-state index in [-0.39, 0.29) is 11.1 Å². The van der Waals surface area contributed by atoms with Gasteiger partial charge in [-0.25, -0.2) is 0 Å². The maximum atomic E-state index is 13.3. The van der Waals surface area contributed by atoms with Crippen LogP contribution in [0, 0.1) is 0 Å². The standard InChI is InChI=1S/C27H21Br2N3O7/c1-38-24-15(8-33)39-27(23(35)22(24)34)32-14-5-3-10(29)7-12(14)17-19-18(25(36)31-26(19)37)16-11-6-9(28)2-4-13(11)30-20(16)21(17)32/h2-7,15,22-24,27,30,33-35H,8H2,1H3,(H,31,36,37). The molecule has 5 N–H and O–H groups in total. The summed E-state index contributed by atoms with van der Waals surface area (Å²) >= 11 is 7.02. The molecule has 5 unspecified atom stereocenters. The topological polar surface area (TPSA) is 146 Å². The highest BCUT2D eigenvalue weighted by Gasteiger charge is 2.47. The summed E-state index contributed by atoms with van der Waals surface area (Å²) < 4.78 is 14.8. The normalized spacial score (nSPS) is 25.3. The van der Waals surface area contributed by atoms with Crippen LogP contribution in [0.1, 0.15) is 26.9 Å². The number of hydrogen-bond donors (Lipinski definition) is 5. The molecule has 0 bridgehead atoms. The van der Waals surface area contributed by atoms with E-state index in [1.165, 1.54) is 7.11 Å². The van der Waals surface area contributed by atoms with Crippen molar-refractivity contribution in [3.63, 3.8) is 0 Å². The first-order valence-corrected chi connectivity index (χ1v) is 13.7. The second-order valence-electron chi connectivity index (χ2n) is 9.78. The van der Waals surface area contributed by atoms with E-state index in [1.807, 2.05) is 36.4 Å². The van der Waals surface area contributed by atoms with E-state index in [9.17, 15) is 24.9 Å². The molecule has 4 heterocycles. The van der Waals surface area contributed by atoms with Crippen molar-refractivity contribution in [3.8, 4) is 0 Å². The lowest BCUT2D eigenvalue weighted by Gasteiger charge is -2.42. The highest BCUT2D eigenvalue weighted by Crippen LogP contribution is 2.46. The molecular weight excluding hydrogens is 638 g/mol. The number of rotatable bonds is 3. The van der Waals surface area contributed by atoms with E-state index in [2.05, 4.69) is 42.2 Å². The van der Waals surface area contributed by atoms with E-state index >= 15 is 0 Å². The number of methoxy groups -OCH3 is 1. The van der Waals surface area contributed by atoms with Crippen LogP contribution in [0.4, 0.5) is 0 Å². The number of amides is 2. The molecule has 0 saturated carbocycles. The highest BCUT2D eigenvalue weighted by molar-refractivity contribution is 9.10. The van der Waals surface area contributed by atoms with E-state index in [0.29, 0.717) is 32.7 Å². The molecule has 2 aliphatic heterocycles. The minimum Gasteiger partial charge on any atom is -0.394 e. The van der Waals surface area contributed by atoms with Crippen molar-refractivity contribution in [1.29, 1.82) is 0 Å². The summed E-state index contributed by atoms with van der Waals surface area (Å²) in [4.78, 5) is 30.0. The number of aromatic amines is 1. The van der Waals surface area contributed by atoms with Crippen molar-refractivity contribution in [2.75, 3.05) is 13.7 Å². The number of carbonyl (C=O) groups is 2. The number of ether oxygens (including phenoxy) is 2. The molecule has 1 saturated heterocycles. The number of aliphatic hydroxyl groups is 3. The van der Waals surface area contributed by atoms with E-state index in [4.69, 9.17) is 9.47 Å². The maximum Gasteiger partial charge on any atom is 0.259 e. The fourth-order valence-electron chi connectivity index (χ4n) is 6.16. The zero-order chi connectivity index (χ0) is 27.3. The number of nitrogens with zero attached hydrogens (tertiary/aromatic N) is 1. The van der Waals surface area contributed by atoms with Crippen molar-refractivity contribution in [2.24, 2.45) is 0 Å². The van der Waals surface area contributed by atoms with Gasteiger partial charge in [-0.15, -0.1) is 0 Å². The number of halogens is 2. The Labute approximate surface area is 236 Å². The largest absolute Gasteiger partial charge is 0.394 e. The van der Waals surface area contributed by atoms with Gasteiger partial charge in [0.15, 0.2) is 6.23 Å². The Bertz CT molecular complexity index is 1880. The Kier molecular flexibility index (Phi) is 5.69. The predicted octanol–water partition coefficient (Wildman–Crippen LogP) is 3.46. The molecule has 10 nitrogen and oxygen atoms in total. The van der Waals surface area contributed by atoms with Crippen LogP contribution in [0.2, 0.25) is 0 Å². The summed E-state index contributed by atoms with van der Waals surface area (Å²) in [5.74, 6) is -1.02. The summed E-state index contributed by atoms with van der Waals surface area (Å²) in [7, 11) is 1.37. The van der Waals surface area contributed by atoms with Gasteiger partial charge in [-0.05, 0) is 36.4 Å². The van der Waals surface area contributed by atoms with E-state index in [0.717, 1.165) is 19.8 Å². The number of hydrogen-bond acceptors (Lipinski definition) is 7. The van der Waals surface area contributed by atoms with Crippen molar-refractivity contribution in [1.82, 2.24) is 14.9 Å². The first-order chi connectivity index (χ1) is 18.7. The molecule has 12 heteroatoms. The number of nitrogens with one attached hydrogen (secondary N) is 2. The van der Waals surface area contributed by atoms with Crippen LogP contribution >= 0.6 is 31.9 Å². The third-order valence-corrected chi connectivity index (χ3v) is 8.75. The van der Waals surface area contributed by atoms with Crippen LogP contribution in [0.3, 0.4) is 0 Å². The second-order valence-corrected chi connectivity index (χ2v) is 11.6. The molecule has 0 spiro atoms. The molecule has 2 amide bonds. The smallest absolute Gasteiger partial charge is 0.259 e. The summed E-state index contributed by atoms with van der Waals surface area (Å²) in [6.07, 6.45) is -5.87. The lowest BCUT2D eigenvalue weighted by molar-refractivity contribution is -0.255. The van der Waals surface area contributed by atoms with Gasteiger partial charge in [0.05, 0.1) is 34.3 Å². The number of H-pyrrole nitrogens is 1. The zero-order valence-electron chi connectivity index (χ0n) is 20.2. The van der Waals surface area contributed by atoms with Crippen molar-refractivity contribution in [3.05, 3.63) is 56.5 Å². The number of aromatic nitrogens is 2. The summed E-state index contributed by atoms with van der Waals surface area (Å²) in [5, 5.41) is 37.2. The van der Waals surface area contributed by atoms with Crippen LogP contribution in [-0.2, 0) is 9.47 Å². The van der Waals surface area contributed by atoms with Gasteiger partial charge in [-0.3, -0.25) is 14.9 Å². The Morgan fingerprint density at radius 3 is 2.33 bits per heavy atom. The average Bonchev–Trinajstić information content (AvgIpc) is 3.54. The lowest BCUT2D eigenvalue weighted by atomic mass is 9.96. The summed E-state index contributed by atoms with van der Waals surface area (Å²) in [5.41, 5.74) is 2.91. The molecule has 3 aromatic carbocycles. The molecule has 2 aromatic heterocycles. The number of imide groups is 1. The van der Waals surface area contributed by atoms with Gasteiger partial charge < -0.3 is 34.3 Å². The van der Waals surface area contributed by atoms with Crippen molar-refractivity contribution < 1.29 is 34.4 Å². The molecule has 1 fully saturated rings. The van der Waals surface area contributed by atoms with Gasteiger partial charge >= 0.3 is 0 Å². The maximum absolute atomic E-state index is 13.3. The van der Waals surface area contributed by atoms with Crippen molar-refractivity contribution in [2.45, 2.75) is 30.6 Å². The second kappa shape index (κ2) is 8.83. The third kappa shape index (κ3) is 3.37. The monoisotopic (exact) mass is 657 g/mol. The number of carbonyl (C=O) groups excluding carboxylic acids is 2. The highest BCUT2D eigenvalue weighted by atomic mass is 79.9. The SMILES string of the molecule is COC1C(CO)OC(n2c3ccc(Br)cc3c3c4c(c5c6cc(Br)ccc6[nH]c5c32)C(=O)NC4=O)C(O)C1O. The molecule has 0 aliphatic carbocycles. The molecule has 5 aromatic rings. The minimum absolute atomic E-state index is 0.226. The molecule has 2 aliphatic rings. The molecular formula is C27H21Br2N3O7. The molecule has 0 radical (unpaired) electrons. The number of benzene rings is 3.